The molecule has 0 bridgehead atoms. The molecule has 11 rings (SSSR count). The Balaban J connectivity index is 1.06. The van der Waals surface area contributed by atoms with Crippen molar-refractivity contribution in [1.29, 1.82) is 0 Å². The first kappa shape index (κ1) is 69.8. The average Bonchev–Trinajstić information content (AvgIpc) is 1.60. The van der Waals surface area contributed by atoms with Gasteiger partial charge in [0.15, 0.2) is 0 Å². The second kappa shape index (κ2) is 33.2. The number of thiophene rings is 8. The molecule has 0 aliphatic carbocycles. The van der Waals surface area contributed by atoms with Crippen molar-refractivity contribution in [3.63, 3.8) is 0 Å². The van der Waals surface area contributed by atoms with Crippen molar-refractivity contribution in [3.8, 4) is 50.1 Å². The van der Waals surface area contributed by atoms with E-state index in [4.69, 9.17) is 31.9 Å². The zero-order chi connectivity index (χ0) is 63.7. The summed E-state index contributed by atoms with van der Waals surface area (Å²) in [5.74, 6) is 2.68. The van der Waals surface area contributed by atoms with Gasteiger partial charge in [0.2, 0.25) is 0 Å². The normalized spacial score (nSPS) is 13.7. The fraction of sp³-hybridized carbons (Fsp3) is 0.538. The van der Waals surface area contributed by atoms with Gasteiger partial charge in [0.25, 0.3) is 0 Å². The number of nitrogens with zero attached hydrogens (tertiary/aromatic N) is 2. The standard InChI is InChI=1S/C78H98Cl2N2S9/c1-11-19-25-27-33-51(31-23-15-5)36-53-40-63(84-48(53)10)65-43-57-72-73(82-91-81-72)58-44-66(89-78(58)77(57)88-65)64-41-54(37-52(32-24-16-6)34-28-26-20-12-2)74(87-64)69-42-56-71(68-46-60(80)62(86-68)39-50(18-8)30-22-14-4)75-55(35-47(9)83-75)70(76(56)90-69)67-45-59(79)61(85-67)38-49(17-7)29-21-13-3/h35,40-46,49-52H,11-34,36-39H2,1-10H3. The van der Waals surface area contributed by atoms with E-state index in [1.165, 1.54) is 288 Å². The minimum Gasteiger partial charge on any atom is -0.172 e. The fourth-order valence-corrected chi connectivity index (χ4v) is 25.5. The van der Waals surface area contributed by atoms with Crippen molar-refractivity contribution in [2.75, 3.05) is 0 Å². The van der Waals surface area contributed by atoms with E-state index in [9.17, 15) is 0 Å². The first-order valence-electron chi connectivity index (χ1n) is 35.3. The Morgan fingerprint density at radius 2 is 0.769 bits per heavy atom. The summed E-state index contributed by atoms with van der Waals surface area (Å²) in [4.78, 5) is 16.5. The molecule has 0 spiro atoms. The molecule has 91 heavy (non-hydrogen) atoms. The molecule has 11 aromatic rings. The van der Waals surface area contributed by atoms with Crippen LogP contribution in [0.3, 0.4) is 0 Å². The van der Waals surface area contributed by atoms with Crippen molar-refractivity contribution < 1.29 is 0 Å². The van der Waals surface area contributed by atoms with E-state index in [0.717, 1.165) is 46.3 Å². The van der Waals surface area contributed by atoms with Crippen LogP contribution < -0.4 is 0 Å². The Bertz CT molecular complexity index is 4020. The molecule has 9 heterocycles. The molecule has 4 unspecified atom stereocenters. The van der Waals surface area contributed by atoms with Crippen LogP contribution in [0.25, 0.3) is 102 Å². The first-order chi connectivity index (χ1) is 44.4. The van der Waals surface area contributed by atoms with Gasteiger partial charge < -0.3 is 0 Å². The summed E-state index contributed by atoms with van der Waals surface area (Å²) in [6.45, 7) is 23.5. The summed E-state index contributed by atoms with van der Waals surface area (Å²) in [6, 6.07) is 20.0. The van der Waals surface area contributed by atoms with Crippen LogP contribution in [0, 0.1) is 37.5 Å². The molecule has 488 valence electrons. The van der Waals surface area contributed by atoms with E-state index in [2.05, 4.69) is 118 Å². The number of aromatic nitrogens is 2. The largest absolute Gasteiger partial charge is 0.172 e. The van der Waals surface area contributed by atoms with Crippen molar-refractivity contribution >= 4 is 177 Å². The van der Waals surface area contributed by atoms with Gasteiger partial charge in [-0.15, -0.1) is 90.7 Å². The molecule has 0 amide bonds. The molecule has 0 radical (unpaired) electrons. The SMILES string of the molecule is CCCCCCC(CCCC)Cc1cc(-c2cc3c4nsnc4c4cc(-c5cc(CC(CCCC)CCCCCC)c(-c6cc7c(-c8cc(Cl)c(CC(CC)CCCC)s8)c8sc(C)cc8c(-c8cc(Cl)c(CC(CC)CCCC)s8)c7s6)s5)sc4c3s2)sc1C. The lowest BCUT2D eigenvalue weighted by Gasteiger charge is -2.17. The topological polar surface area (TPSA) is 25.8 Å². The molecule has 2 nitrogen and oxygen atoms in total. The van der Waals surface area contributed by atoms with Gasteiger partial charge in [0.05, 0.1) is 31.2 Å². The van der Waals surface area contributed by atoms with Gasteiger partial charge in [-0.2, -0.15) is 8.75 Å². The van der Waals surface area contributed by atoms with Gasteiger partial charge in [-0.25, -0.2) is 0 Å². The van der Waals surface area contributed by atoms with E-state index < -0.39 is 0 Å². The fourth-order valence-electron chi connectivity index (χ4n) is 14.3. The molecular formula is C78H98Cl2N2S9. The zero-order valence-electron chi connectivity index (χ0n) is 56.1. The molecule has 0 aliphatic rings. The smallest absolute Gasteiger partial charge is 0.114 e. The summed E-state index contributed by atoms with van der Waals surface area (Å²) < 4.78 is 15.6. The van der Waals surface area contributed by atoms with Crippen molar-refractivity contribution in [2.45, 2.75) is 249 Å². The van der Waals surface area contributed by atoms with E-state index in [-0.39, 0.29) is 0 Å². The summed E-state index contributed by atoms with van der Waals surface area (Å²) in [7, 11) is 0. The van der Waals surface area contributed by atoms with E-state index in [1.54, 1.807) is 5.56 Å². The lowest BCUT2D eigenvalue weighted by Crippen LogP contribution is -2.05. The maximum atomic E-state index is 7.46. The number of benzene rings is 2. The van der Waals surface area contributed by atoms with E-state index in [0.29, 0.717) is 17.8 Å². The van der Waals surface area contributed by atoms with Crippen LogP contribution >= 0.6 is 126 Å². The third kappa shape index (κ3) is 16.1. The molecule has 0 saturated carbocycles. The Morgan fingerprint density at radius 1 is 0.352 bits per heavy atom. The number of rotatable bonds is 37. The number of unbranched alkanes of at least 4 members (excludes halogenated alkanes) is 10. The van der Waals surface area contributed by atoms with Crippen LogP contribution in [0.4, 0.5) is 0 Å². The lowest BCUT2D eigenvalue weighted by molar-refractivity contribution is 0.410. The summed E-state index contributed by atoms with van der Waals surface area (Å²) in [5, 5.41) is 7.10. The van der Waals surface area contributed by atoms with Crippen LogP contribution in [-0.4, -0.2) is 8.75 Å². The number of aryl methyl sites for hydroxylation is 2. The van der Waals surface area contributed by atoms with Crippen molar-refractivity contribution in [3.05, 3.63) is 89.2 Å². The second-order valence-corrected chi connectivity index (χ2v) is 37.0. The number of hydrogen-bond donors (Lipinski definition) is 0. The first-order valence-corrected chi connectivity index (χ1v) is 43.3. The molecule has 0 aliphatic heterocycles. The Kier molecular flexibility index (Phi) is 25.4. The molecule has 13 heteroatoms. The maximum Gasteiger partial charge on any atom is 0.114 e. The van der Waals surface area contributed by atoms with Gasteiger partial charge in [0, 0.05) is 101 Å². The van der Waals surface area contributed by atoms with E-state index in [1.807, 2.05) is 90.7 Å². The zero-order valence-corrected chi connectivity index (χ0v) is 64.9. The highest BCUT2D eigenvalue weighted by atomic mass is 35.5. The summed E-state index contributed by atoms with van der Waals surface area (Å²) in [6.07, 6.45) is 35.3. The minimum absolute atomic E-state index is 0.639. The van der Waals surface area contributed by atoms with Gasteiger partial charge in [-0.3, -0.25) is 0 Å². The van der Waals surface area contributed by atoms with Crippen LogP contribution in [0.5, 0.6) is 0 Å². The Morgan fingerprint density at radius 3 is 1.27 bits per heavy atom. The number of hydrogen-bond acceptors (Lipinski definition) is 11. The molecule has 2 aromatic carbocycles. The molecule has 9 aromatic heterocycles. The van der Waals surface area contributed by atoms with Crippen LogP contribution in [0.15, 0.2) is 48.5 Å². The average molecular weight is 1420 g/mol. The quantitative estimate of drug-likeness (QED) is 0.0363. The van der Waals surface area contributed by atoms with E-state index >= 15 is 0 Å². The third-order valence-corrected chi connectivity index (χ3v) is 31.0. The maximum absolute atomic E-state index is 7.46. The van der Waals surface area contributed by atoms with Crippen LogP contribution in [0.1, 0.15) is 240 Å². The lowest BCUT2D eigenvalue weighted by atomic mass is 9.89. The highest BCUT2D eigenvalue weighted by Gasteiger charge is 2.29. The predicted octanol–water partition coefficient (Wildman–Crippen LogP) is 31.2. The highest BCUT2D eigenvalue weighted by molar-refractivity contribution is 7.34. The molecular weight excluding hydrogens is 1320 g/mol. The summed E-state index contributed by atoms with van der Waals surface area (Å²) >= 11 is 32.2. The Labute approximate surface area is 592 Å². The van der Waals surface area contributed by atoms with Gasteiger partial charge in [-0.1, -0.05) is 233 Å². The van der Waals surface area contributed by atoms with Crippen molar-refractivity contribution in [1.82, 2.24) is 8.75 Å². The number of halogens is 2. The van der Waals surface area contributed by atoms with Gasteiger partial charge in [0.1, 0.15) is 11.0 Å². The number of fused-ring (bicyclic) bond motifs is 8. The third-order valence-electron chi connectivity index (χ3n) is 19.7. The minimum atomic E-state index is 0.639. The van der Waals surface area contributed by atoms with Crippen LogP contribution in [0.2, 0.25) is 10.0 Å². The second-order valence-electron chi connectivity index (χ2n) is 26.7. The van der Waals surface area contributed by atoms with Gasteiger partial charge >= 0.3 is 0 Å². The molecule has 0 saturated heterocycles. The molecule has 0 N–H and O–H groups in total. The predicted molar refractivity (Wildman–Crippen MR) is 422 cm³/mol. The summed E-state index contributed by atoms with van der Waals surface area (Å²) in [5.41, 5.74) is 7.93. The van der Waals surface area contributed by atoms with Crippen LogP contribution in [-0.2, 0) is 25.7 Å². The monoisotopic (exact) mass is 1420 g/mol. The van der Waals surface area contributed by atoms with Crippen molar-refractivity contribution in [2.24, 2.45) is 23.7 Å². The molecule has 0 fully saturated rings. The molecule has 4 atom stereocenters. The Hall–Kier alpha value is -2.52. The highest BCUT2D eigenvalue weighted by Crippen LogP contribution is 2.57. The van der Waals surface area contributed by atoms with Gasteiger partial charge in [-0.05, 0) is 123 Å².